The van der Waals surface area contributed by atoms with Crippen LogP contribution in [0.4, 0.5) is 21.9 Å². The number of amides is 2. The minimum atomic E-state index is -0.193. The van der Waals surface area contributed by atoms with Crippen LogP contribution in [0.3, 0.4) is 0 Å². The zero-order chi connectivity index (χ0) is 24.2. The molecule has 0 radical (unpaired) electrons. The first-order valence-corrected chi connectivity index (χ1v) is 12.1. The van der Waals surface area contributed by atoms with E-state index in [-0.39, 0.29) is 12.0 Å². The van der Waals surface area contributed by atoms with Crippen molar-refractivity contribution in [3.8, 4) is 0 Å². The molecule has 0 bridgehead atoms. The van der Waals surface area contributed by atoms with E-state index >= 15 is 0 Å². The van der Waals surface area contributed by atoms with Crippen molar-refractivity contribution in [3.05, 3.63) is 90.0 Å². The average molecular weight is 467 g/mol. The molecule has 1 fully saturated rings. The number of rotatable bonds is 5. The van der Waals surface area contributed by atoms with E-state index in [4.69, 9.17) is 16.6 Å². The first-order valence-electron chi connectivity index (χ1n) is 12.1. The lowest BCUT2D eigenvalue weighted by molar-refractivity contribution is 0.207. The molecule has 7 heteroatoms. The fraction of sp³-hybridized carbons (Fsp3) is 0.250. The fourth-order valence-electron chi connectivity index (χ4n) is 4.94. The van der Waals surface area contributed by atoms with E-state index in [0.29, 0.717) is 18.2 Å². The van der Waals surface area contributed by atoms with Crippen LogP contribution in [0.15, 0.2) is 89.0 Å². The number of hydrogen-bond acceptors (Lipinski definition) is 3. The number of hydrazone groups is 1. The molecule has 1 heterocycles. The summed E-state index contributed by atoms with van der Waals surface area (Å²) in [6.07, 6.45) is 5.82. The van der Waals surface area contributed by atoms with Gasteiger partial charge in [0.1, 0.15) is 0 Å². The molecule has 35 heavy (non-hydrogen) atoms. The molecule has 0 spiro atoms. The zero-order valence-electron chi connectivity index (χ0n) is 19.7. The van der Waals surface area contributed by atoms with Crippen LogP contribution in [0.5, 0.6) is 0 Å². The number of carbonyl (C=O) groups excluding carboxylic acids is 1. The Balaban J connectivity index is 1.62. The lowest BCUT2D eigenvalue weighted by Gasteiger charge is -2.27. The van der Waals surface area contributed by atoms with Gasteiger partial charge >= 0.3 is 6.03 Å². The third-order valence-electron chi connectivity index (χ3n) is 6.59. The van der Waals surface area contributed by atoms with Crippen LogP contribution in [0.1, 0.15) is 43.2 Å². The maximum absolute atomic E-state index is 14.1. The topological polar surface area (TPSA) is 100 Å². The van der Waals surface area contributed by atoms with Gasteiger partial charge in [-0.25, -0.2) is 14.8 Å². The maximum Gasteiger partial charge on any atom is 0.349 e. The maximum atomic E-state index is 14.1. The van der Waals surface area contributed by atoms with E-state index in [2.05, 4.69) is 11.1 Å². The Kier molecular flexibility index (Phi) is 6.48. The third kappa shape index (κ3) is 4.89. The highest BCUT2D eigenvalue weighted by molar-refractivity contribution is 6.13. The van der Waals surface area contributed by atoms with Crippen molar-refractivity contribution >= 4 is 34.8 Å². The number of nitrogens with two attached hydrogens (primary N) is 2. The molecule has 5 rings (SSSR count). The van der Waals surface area contributed by atoms with Crippen LogP contribution in [-0.2, 0) is 6.54 Å². The van der Waals surface area contributed by atoms with Gasteiger partial charge in [-0.15, -0.1) is 0 Å². The summed E-state index contributed by atoms with van der Waals surface area (Å²) >= 11 is 0. The van der Waals surface area contributed by atoms with Crippen LogP contribution >= 0.6 is 0 Å². The Labute approximate surface area is 205 Å². The van der Waals surface area contributed by atoms with Crippen LogP contribution < -0.4 is 16.4 Å². The lowest BCUT2D eigenvalue weighted by Crippen LogP contribution is -2.36. The van der Waals surface area contributed by atoms with Gasteiger partial charge in [0.25, 0.3) is 0 Å². The predicted molar refractivity (Wildman–Crippen MR) is 141 cm³/mol. The van der Waals surface area contributed by atoms with Crippen molar-refractivity contribution in [2.24, 2.45) is 27.5 Å². The second-order valence-corrected chi connectivity index (χ2v) is 9.05. The number of carbonyl (C=O) groups is 1. The quantitative estimate of drug-likeness (QED) is 0.375. The molecular weight excluding hydrogens is 436 g/mol. The van der Waals surface area contributed by atoms with E-state index in [0.717, 1.165) is 41.1 Å². The molecule has 0 atom stereocenters. The Bertz CT molecular complexity index is 1240. The van der Waals surface area contributed by atoms with Gasteiger partial charge in [0.05, 0.1) is 29.3 Å². The molecule has 1 aliphatic heterocycles. The molecule has 0 saturated heterocycles. The van der Waals surface area contributed by atoms with Crippen molar-refractivity contribution in [2.75, 3.05) is 4.90 Å². The molecule has 4 N–H and O–H groups in total. The lowest BCUT2D eigenvalue weighted by atomic mass is 9.83. The Hall–Kier alpha value is -4.13. The number of hydrogen-bond donors (Lipinski definition) is 2. The summed E-state index contributed by atoms with van der Waals surface area (Å²) in [5.41, 5.74) is 16.3. The van der Waals surface area contributed by atoms with Crippen molar-refractivity contribution in [1.82, 2.24) is 5.01 Å². The van der Waals surface area contributed by atoms with Gasteiger partial charge < -0.3 is 11.5 Å². The van der Waals surface area contributed by atoms with Gasteiger partial charge in [-0.3, -0.25) is 4.90 Å². The standard InChI is InChI=1S/C28H30N6O/c29-27(30)31-22-15-17-23(18-16-22)34-25-14-8-7-13-24(25)26(21-11-5-2-6-12-21)32-33(28(34)35)19-20-9-3-1-4-10-20/h1,3-4,7-10,13-18,21H,2,5-6,11-12,19H2,(H4,29,30,31). The number of benzene rings is 3. The summed E-state index contributed by atoms with van der Waals surface area (Å²) in [6, 6.07) is 25.2. The Morgan fingerprint density at radius 1 is 0.886 bits per heavy atom. The zero-order valence-corrected chi connectivity index (χ0v) is 19.7. The second-order valence-electron chi connectivity index (χ2n) is 9.05. The molecule has 3 aromatic carbocycles. The summed E-state index contributed by atoms with van der Waals surface area (Å²) in [7, 11) is 0. The SMILES string of the molecule is NC(N)=Nc1ccc(N2C(=O)N(Cc3ccccc3)N=C(C3CCCCC3)c3ccccc32)cc1. The highest BCUT2D eigenvalue weighted by Crippen LogP contribution is 2.38. The average Bonchev–Trinajstić information content (AvgIpc) is 3.00. The third-order valence-corrected chi connectivity index (χ3v) is 6.59. The molecule has 178 valence electrons. The minimum absolute atomic E-state index is 0.00601. The summed E-state index contributed by atoms with van der Waals surface area (Å²) in [6.45, 7) is 0.395. The number of aliphatic imine (C=N–C) groups is 1. The van der Waals surface area contributed by atoms with Gasteiger partial charge in [-0.2, -0.15) is 5.10 Å². The molecule has 2 aliphatic rings. The highest BCUT2D eigenvalue weighted by Gasteiger charge is 2.33. The van der Waals surface area contributed by atoms with Crippen LogP contribution in [0.25, 0.3) is 0 Å². The van der Waals surface area contributed by atoms with Gasteiger partial charge in [0, 0.05) is 11.5 Å². The number of para-hydroxylation sites is 1. The van der Waals surface area contributed by atoms with E-state index < -0.39 is 0 Å². The highest BCUT2D eigenvalue weighted by atomic mass is 16.2. The molecular formula is C28H30N6O. The van der Waals surface area contributed by atoms with Crippen LogP contribution in [0, 0.1) is 5.92 Å². The van der Waals surface area contributed by atoms with Gasteiger partial charge in [-0.05, 0) is 48.7 Å². The molecule has 0 aromatic heterocycles. The first kappa shape index (κ1) is 22.7. The van der Waals surface area contributed by atoms with E-state index in [1.54, 1.807) is 22.0 Å². The van der Waals surface area contributed by atoms with E-state index in [9.17, 15) is 4.79 Å². The molecule has 1 aliphatic carbocycles. The van der Waals surface area contributed by atoms with Crippen LogP contribution in [0.2, 0.25) is 0 Å². The van der Waals surface area contributed by atoms with Gasteiger partial charge in [0.15, 0.2) is 5.96 Å². The van der Waals surface area contributed by atoms with Crippen LogP contribution in [-0.4, -0.2) is 22.7 Å². The molecule has 1 saturated carbocycles. The fourth-order valence-corrected chi connectivity index (χ4v) is 4.94. The number of urea groups is 1. The van der Waals surface area contributed by atoms with E-state index in [1.807, 2.05) is 60.7 Å². The number of guanidine groups is 1. The molecule has 2 amide bonds. The molecule has 0 unspecified atom stereocenters. The normalized spacial score (nSPS) is 16.3. The summed E-state index contributed by atoms with van der Waals surface area (Å²) < 4.78 is 0. The van der Waals surface area contributed by atoms with E-state index in [1.165, 1.54) is 19.3 Å². The second kappa shape index (κ2) is 10.0. The number of fused-ring (bicyclic) bond motifs is 1. The first-order chi connectivity index (χ1) is 17.1. The molecule has 7 nitrogen and oxygen atoms in total. The number of nitrogens with zero attached hydrogens (tertiary/aromatic N) is 4. The monoisotopic (exact) mass is 466 g/mol. The largest absolute Gasteiger partial charge is 0.370 e. The minimum Gasteiger partial charge on any atom is -0.370 e. The summed E-state index contributed by atoms with van der Waals surface area (Å²) in [4.78, 5) is 19.9. The Morgan fingerprint density at radius 2 is 1.57 bits per heavy atom. The van der Waals surface area contributed by atoms with Crippen molar-refractivity contribution < 1.29 is 4.79 Å². The Morgan fingerprint density at radius 3 is 2.29 bits per heavy atom. The van der Waals surface area contributed by atoms with Crippen molar-refractivity contribution in [2.45, 2.75) is 38.6 Å². The van der Waals surface area contributed by atoms with Crippen molar-refractivity contribution in [1.29, 1.82) is 0 Å². The summed E-state index contributed by atoms with van der Waals surface area (Å²) in [5.74, 6) is 0.327. The van der Waals surface area contributed by atoms with Gasteiger partial charge in [-0.1, -0.05) is 67.8 Å². The summed E-state index contributed by atoms with van der Waals surface area (Å²) in [5, 5.41) is 6.67. The number of anilines is 2. The molecule has 3 aromatic rings. The van der Waals surface area contributed by atoms with Crippen molar-refractivity contribution in [3.63, 3.8) is 0 Å². The predicted octanol–water partition coefficient (Wildman–Crippen LogP) is 5.65. The smallest absolute Gasteiger partial charge is 0.349 e. The van der Waals surface area contributed by atoms with Gasteiger partial charge in [0.2, 0.25) is 0 Å².